The number of carbonyl (C=O) groups is 3. The van der Waals surface area contributed by atoms with Crippen LogP contribution < -0.4 is 11.1 Å². The molecular weight excluding hydrogens is 260 g/mol. The molecule has 20 heavy (non-hydrogen) atoms. The monoisotopic (exact) mass is 276 g/mol. The molecule has 0 bridgehead atoms. The van der Waals surface area contributed by atoms with Crippen molar-refractivity contribution in [2.75, 3.05) is 0 Å². The Hall–Kier alpha value is -2.47. The van der Waals surface area contributed by atoms with Gasteiger partial charge in [-0.15, -0.1) is 0 Å². The van der Waals surface area contributed by atoms with Crippen LogP contribution in [0.5, 0.6) is 0 Å². The molecule has 0 aromatic heterocycles. The van der Waals surface area contributed by atoms with Crippen molar-refractivity contribution >= 4 is 18.2 Å². The normalized spacial score (nSPS) is 12.1. The van der Waals surface area contributed by atoms with Crippen molar-refractivity contribution in [2.24, 2.45) is 5.73 Å². The number of aliphatic carboxylic acids is 1. The first-order chi connectivity index (χ1) is 9.56. The Labute approximate surface area is 116 Å². The fourth-order valence-electron chi connectivity index (χ4n) is 1.59. The summed E-state index contributed by atoms with van der Waals surface area (Å²) in [6, 6.07) is 6.10. The van der Waals surface area contributed by atoms with Crippen LogP contribution in [0.4, 0.5) is 0 Å². The Bertz CT molecular complexity index is 508. The van der Waals surface area contributed by atoms with Crippen molar-refractivity contribution in [2.45, 2.75) is 19.0 Å². The summed E-state index contributed by atoms with van der Waals surface area (Å²) >= 11 is 0. The number of aldehydes is 1. The van der Waals surface area contributed by atoms with Crippen molar-refractivity contribution in [3.05, 3.63) is 47.5 Å². The SMILES string of the molecule is NCc1ccc(C[C@@H](NC(=O)/C=C/C=O)C(=O)O)cc1. The average Bonchev–Trinajstić information content (AvgIpc) is 2.45. The topological polar surface area (TPSA) is 109 Å². The van der Waals surface area contributed by atoms with Crippen LogP contribution in [-0.2, 0) is 27.3 Å². The molecule has 0 saturated heterocycles. The van der Waals surface area contributed by atoms with Gasteiger partial charge in [0.25, 0.3) is 0 Å². The predicted octanol–water partition coefficient (Wildman–Crippen LogP) is 0.0123. The van der Waals surface area contributed by atoms with Crippen LogP contribution in [-0.4, -0.2) is 29.3 Å². The van der Waals surface area contributed by atoms with E-state index in [0.29, 0.717) is 12.8 Å². The van der Waals surface area contributed by atoms with Gasteiger partial charge in [0.05, 0.1) is 0 Å². The molecular formula is C14H16N2O4. The maximum Gasteiger partial charge on any atom is 0.326 e. The van der Waals surface area contributed by atoms with Gasteiger partial charge in [0, 0.05) is 19.0 Å². The molecule has 106 valence electrons. The molecule has 6 heteroatoms. The third kappa shape index (κ3) is 5.03. The van der Waals surface area contributed by atoms with E-state index in [0.717, 1.165) is 23.3 Å². The first kappa shape index (κ1) is 15.6. The van der Waals surface area contributed by atoms with Crippen LogP contribution >= 0.6 is 0 Å². The van der Waals surface area contributed by atoms with Gasteiger partial charge >= 0.3 is 5.97 Å². The lowest BCUT2D eigenvalue weighted by atomic mass is 10.0. The summed E-state index contributed by atoms with van der Waals surface area (Å²) in [7, 11) is 0. The van der Waals surface area contributed by atoms with Gasteiger partial charge in [-0.1, -0.05) is 24.3 Å². The summed E-state index contributed by atoms with van der Waals surface area (Å²) in [6.45, 7) is 0.413. The van der Waals surface area contributed by atoms with E-state index in [1.54, 1.807) is 12.1 Å². The van der Waals surface area contributed by atoms with Gasteiger partial charge in [-0.25, -0.2) is 4.79 Å². The maximum absolute atomic E-state index is 11.4. The fraction of sp³-hybridized carbons (Fsp3) is 0.214. The number of nitrogens with two attached hydrogens (primary N) is 1. The quantitative estimate of drug-likeness (QED) is 0.480. The van der Waals surface area contributed by atoms with Crippen LogP contribution in [0, 0.1) is 0 Å². The molecule has 1 atom stereocenters. The Morgan fingerprint density at radius 2 is 1.85 bits per heavy atom. The van der Waals surface area contributed by atoms with Crippen molar-refractivity contribution in [3.63, 3.8) is 0 Å². The fourth-order valence-corrected chi connectivity index (χ4v) is 1.59. The van der Waals surface area contributed by atoms with Crippen LogP contribution in [0.25, 0.3) is 0 Å². The third-order valence-electron chi connectivity index (χ3n) is 2.64. The highest BCUT2D eigenvalue weighted by atomic mass is 16.4. The molecule has 0 unspecified atom stereocenters. The zero-order valence-corrected chi connectivity index (χ0v) is 10.8. The largest absolute Gasteiger partial charge is 0.480 e. The summed E-state index contributed by atoms with van der Waals surface area (Å²) < 4.78 is 0. The first-order valence-electron chi connectivity index (χ1n) is 6.00. The highest BCUT2D eigenvalue weighted by Gasteiger charge is 2.19. The summed E-state index contributed by atoms with van der Waals surface area (Å²) in [5.74, 6) is -1.76. The molecule has 0 radical (unpaired) electrons. The number of amides is 1. The highest BCUT2D eigenvalue weighted by Crippen LogP contribution is 2.07. The minimum Gasteiger partial charge on any atom is -0.480 e. The lowest BCUT2D eigenvalue weighted by Gasteiger charge is -2.13. The number of hydrogen-bond acceptors (Lipinski definition) is 4. The van der Waals surface area contributed by atoms with Crippen molar-refractivity contribution in [1.29, 1.82) is 0 Å². The summed E-state index contributed by atoms with van der Waals surface area (Å²) in [5, 5.41) is 11.4. The molecule has 1 aromatic rings. The summed E-state index contributed by atoms with van der Waals surface area (Å²) in [6.07, 6.45) is 2.59. The van der Waals surface area contributed by atoms with Crippen molar-refractivity contribution in [3.8, 4) is 0 Å². The Morgan fingerprint density at radius 1 is 1.25 bits per heavy atom. The molecule has 1 rings (SSSR count). The molecule has 4 N–H and O–H groups in total. The zero-order valence-electron chi connectivity index (χ0n) is 10.8. The molecule has 0 aliphatic rings. The van der Waals surface area contributed by atoms with E-state index in [4.69, 9.17) is 10.8 Å². The minimum atomic E-state index is -1.14. The van der Waals surface area contributed by atoms with E-state index in [1.807, 2.05) is 12.1 Å². The Kier molecular flexibility index (Phi) is 6.12. The first-order valence-corrected chi connectivity index (χ1v) is 6.00. The van der Waals surface area contributed by atoms with Gasteiger partial charge in [0.1, 0.15) is 12.3 Å². The molecule has 1 amide bonds. The van der Waals surface area contributed by atoms with Gasteiger partial charge < -0.3 is 16.2 Å². The van der Waals surface area contributed by atoms with Gasteiger partial charge in [-0.05, 0) is 17.2 Å². The number of hydrogen-bond donors (Lipinski definition) is 3. The molecule has 0 aliphatic carbocycles. The second-order valence-corrected chi connectivity index (χ2v) is 4.12. The Morgan fingerprint density at radius 3 is 2.35 bits per heavy atom. The number of allylic oxidation sites excluding steroid dienone is 1. The van der Waals surface area contributed by atoms with Crippen molar-refractivity contribution in [1.82, 2.24) is 5.32 Å². The average molecular weight is 276 g/mol. The molecule has 0 aliphatic heterocycles. The molecule has 6 nitrogen and oxygen atoms in total. The van der Waals surface area contributed by atoms with Gasteiger partial charge in [0.2, 0.25) is 5.91 Å². The third-order valence-corrected chi connectivity index (χ3v) is 2.64. The van der Waals surface area contributed by atoms with Crippen LogP contribution in [0.3, 0.4) is 0 Å². The van der Waals surface area contributed by atoms with E-state index in [1.165, 1.54) is 0 Å². The van der Waals surface area contributed by atoms with Crippen LogP contribution in [0.15, 0.2) is 36.4 Å². The lowest BCUT2D eigenvalue weighted by molar-refractivity contribution is -0.141. The predicted molar refractivity (Wildman–Crippen MR) is 72.8 cm³/mol. The highest BCUT2D eigenvalue weighted by molar-refractivity contribution is 5.93. The van der Waals surface area contributed by atoms with E-state index in [9.17, 15) is 14.4 Å². The van der Waals surface area contributed by atoms with Gasteiger partial charge in [-0.2, -0.15) is 0 Å². The molecule has 1 aromatic carbocycles. The van der Waals surface area contributed by atoms with Gasteiger partial charge in [0.15, 0.2) is 0 Å². The Balaban J connectivity index is 2.71. The second kappa shape index (κ2) is 7.85. The van der Waals surface area contributed by atoms with E-state index < -0.39 is 17.9 Å². The summed E-state index contributed by atoms with van der Waals surface area (Å²) in [4.78, 5) is 32.6. The molecule has 0 saturated carbocycles. The zero-order chi connectivity index (χ0) is 15.0. The summed E-state index contributed by atoms with van der Waals surface area (Å²) in [5.41, 5.74) is 7.19. The molecule has 0 fully saturated rings. The maximum atomic E-state index is 11.4. The standard InChI is InChI=1S/C14H16N2O4/c15-9-11-5-3-10(4-6-11)8-12(14(19)20)16-13(18)2-1-7-17/h1-7,12H,8-9,15H2,(H,16,18)(H,19,20)/b2-1+/t12-/m1/s1. The van der Waals surface area contributed by atoms with Gasteiger partial charge in [-0.3, -0.25) is 9.59 Å². The van der Waals surface area contributed by atoms with Crippen molar-refractivity contribution < 1.29 is 19.5 Å². The number of rotatable bonds is 7. The molecule has 0 spiro atoms. The molecule has 0 heterocycles. The number of benzene rings is 1. The smallest absolute Gasteiger partial charge is 0.326 e. The number of carbonyl (C=O) groups excluding carboxylic acids is 2. The van der Waals surface area contributed by atoms with Crippen LogP contribution in [0.2, 0.25) is 0 Å². The number of carboxylic acids is 1. The lowest BCUT2D eigenvalue weighted by Crippen LogP contribution is -2.41. The number of nitrogens with one attached hydrogen (secondary N) is 1. The second-order valence-electron chi connectivity index (χ2n) is 4.12. The van der Waals surface area contributed by atoms with E-state index in [2.05, 4.69) is 5.32 Å². The minimum absolute atomic E-state index is 0.154. The van der Waals surface area contributed by atoms with E-state index >= 15 is 0 Å². The van der Waals surface area contributed by atoms with E-state index in [-0.39, 0.29) is 6.42 Å². The number of carboxylic acid groups (broad SMARTS) is 1. The van der Waals surface area contributed by atoms with Crippen LogP contribution in [0.1, 0.15) is 11.1 Å².